The fraction of sp³-hybridized carbons (Fsp3) is 0.909. The van der Waals surface area contributed by atoms with Gasteiger partial charge in [0.05, 0.1) is 0 Å². The molecule has 0 radical (unpaired) electrons. The molecule has 4 aliphatic carbocycles. The van der Waals surface area contributed by atoms with Crippen LogP contribution in [-0.4, -0.2) is 22.5 Å². The van der Waals surface area contributed by atoms with Crippen LogP contribution in [0.15, 0.2) is 12.2 Å². The van der Waals surface area contributed by atoms with Gasteiger partial charge in [0.2, 0.25) is 0 Å². The Kier molecular flexibility index (Phi) is 5.08. The van der Waals surface area contributed by atoms with Crippen molar-refractivity contribution < 1.29 is 13.9 Å². The minimum atomic E-state index is -2.60. The van der Waals surface area contributed by atoms with E-state index in [0.29, 0.717) is 41.9 Å². The first kappa shape index (κ1) is 19.4. The predicted molar refractivity (Wildman–Crippen MR) is 104 cm³/mol. The SMILES string of the molecule is C=C(CBr)[C@H]1CC[C@H]2[C@@H]3CC[C@H]4C[C@@](O)(C(F)F)CC[C@@H]4[C@H]3CC[C@]12C. The number of hydrogen-bond acceptors (Lipinski definition) is 1. The van der Waals surface area contributed by atoms with Crippen molar-refractivity contribution in [1.29, 1.82) is 0 Å². The minimum absolute atomic E-state index is 0.292. The van der Waals surface area contributed by atoms with E-state index in [4.69, 9.17) is 0 Å². The van der Waals surface area contributed by atoms with Gasteiger partial charge < -0.3 is 5.11 Å². The zero-order valence-electron chi connectivity index (χ0n) is 15.9. The molecule has 4 aliphatic rings. The Balaban J connectivity index is 1.52. The number of allylic oxidation sites excluding steroid dienone is 1. The minimum Gasteiger partial charge on any atom is -0.384 e. The van der Waals surface area contributed by atoms with Crippen LogP contribution in [-0.2, 0) is 0 Å². The summed E-state index contributed by atoms with van der Waals surface area (Å²) in [6.07, 6.45) is 6.13. The van der Waals surface area contributed by atoms with Crippen molar-refractivity contribution in [2.24, 2.45) is 40.9 Å². The second-order valence-electron chi connectivity index (χ2n) is 10.0. The number of hydrogen-bond donors (Lipinski definition) is 1. The van der Waals surface area contributed by atoms with Gasteiger partial charge in [-0.2, -0.15) is 0 Å². The number of alkyl halides is 3. The van der Waals surface area contributed by atoms with E-state index in [1.54, 1.807) is 0 Å². The van der Waals surface area contributed by atoms with Gasteiger partial charge in [0.25, 0.3) is 6.43 Å². The Morgan fingerprint density at radius 1 is 1.08 bits per heavy atom. The molecule has 148 valence electrons. The predicted octanol–water partition coefficient (Wildman–Crippen LogP) is 6.20. The van der Waals surface area contributed by atoms with Gasteiger partial charge in [0, 0.05) is 5.33 Å². The molecular weight excluding hydrogens is 398 g/mol. The van der Waals surface area contributed by atoms with E-state index in [9.17, 15) is 13.9 Å². The molecule has 0 bridgehead atoms. The second-order valence-corrected chi connectivity index (χ2v) is 10.6. The summed E-state index contributed by atoms with van der Waals surface area (Å²) in [4.78, 5) is 0. The summed E-state index contributed by atoms with van der Waals surface area (Å²) in [5.74, 6) is 3.75. The van der Waals surface area contributed by atoms with Crippen molar-refractivity contribution in [2.75, 3.05) is 5.33 Å². The normalized spacial score (nSPS) is 50.8. The van der Waals surface area contributed by atoms with Crippen molar-refractivity contribution in [3.05, 3.63) is 12.2 Å². The van der Waals surface area contributed by atoms with Crippen LogP contribution in [0.25, 0.3) is 0 Å². The van der Waals surface area contributed by atoms with Gasteiger partial charge >= 0.3 is 0 Å². The molecule has 0 amide bonds. The van der Waals surface area contributed by atoms with Gasteiger partial charge in [-0.15, -0.1) is 0 Å². The Bertz CT molecular complexity index is 566. The summed E-state index contributed by atoms with van der Waals surface area (Å²) in [6, 6.07) is 0. The summed E-state index contributed by atoms with van der Waals surface area (Å²) in [5.41, 5.74) is 0.0299. The topological polar surface area (TPSA) is 20.2 Å². The van der Waals surface area contributed by atoms with E-state index < -0.39 is 12.0 Å². The van der Waals surface area contributed by atoms with Crippen LogP contribution in [0.3, 0.4) is 0 Å². The summed E-state index contributed by atoms with van der Waals surface area (Å²) in [5, 5.41) is 11.2. The van der Waals surface area contributed by atoms with E-state index in [2.05, 4.69) is 29.4 Å². The van der Waals surface area contributed by atoms with E-state index >= 15 is 0 Å². The lowest BCUT2D eigenvalue weighted by atomic mass is 9.48. The second kappa shape index (κ2) is 6.83. The van der Waals surface area contributed by atoms with E-state index in [0.717, 1.165) is 30.0 Å². The van der Waals surface area contributed by atoms with Gasteiger partial charge in [-0.3, -0.25) is 0 Å². The number of halogens is 3. The van der Waals surface area contributed by atoms with Crippen molar-refractivity contribution in [3.8, 4) is 0 Å². The Morgan fingerprint density at radius 3 is 2.50 bits per heavy atom. The third-order valence-electron chi connectivity index (χ3n) is 9.12. The first-order valence-electron chi connectivity index (χ1n) is 10.5. The summed E-state index contributed by atoms with van der Waals surface area (Å²) in [7, 11) is 0. The standard InChI is InChI=1S/C22H33BrF2O/c1-13(12-23)18-5-6-19-17-4-3-14-11-22(26,20(24)25)10-8-15(14)16(17)7-9-21(18,19)2/h14-20,26H,1,3-12H2,2H3/t14-,15-,16+,17+,18+,19-,21+,22+/m0/s1. The molecule has 0 heterocycles. The molecule has 0 aromatic heterocycles. The average Bonchev–Trinajstić information content (AvgIpc) is 2.97. The van der Waals surface area contributed by atoms with Crippen LogP contribution in [0.2, 0.25) is 0 Å². The quantitative estimate of drug-likeness (QED) is 0.417. The van der Waals surface area contributed by atoms with Gasteiger partial charge in [-0.05, 0) is 98.7 Å². The zero-order chi connectivity index (χ0) is 18.7. The summed E-state index contributed by atoms with van der Waals surface area (Å²) < 4.78 is 26.6. The van der Waals surface area contributed by atoms with E-state index in [1.165, 1.54) is 37.7 Å². The van der Waals surface area contributed by atoms with Gasteiger partial charge in [0.1, 0.15) is 5.60 Å². The molecule has 4 rings (SSSR count). The highest BCUT2D eigenvalue weighted by molar-refractivity contribution is 9.09. The Labute approximate surface area is 165 Å². The zero-order valence-corrected chi connectivity index (χ0v) is 17.5. The van der Waals surface area contributed by atoms with Gasteiger partial charge in [0.15, 0.2) is 0 Å². The third-order valence-corrected chi connectivity index (χ3v) is 9.84. The van der Waals surface area contributed by atoms with Crippen LogP contribution in [0, 0.1) is 40.9 Å². The molecule has 0 aromatic rings. The van der Waals surface area contributed by atoms with E-state index in [-0.39, 0.29) is 0 Å². The molecule has 0 aromatic carbocycles. The maximum absolute atomic E-state index is 13.3. The fourth-order valence-electron chi connectivity index (χ4n) is 7.87. The smallest absolute Gasteiger partial charge is 0.266 e. The molecule has 4 fully saturated rings. The molecule has 8 atom stereocenters. The highest BCUT2D eigenvalue weighted by Gasteiger charge is 2.58. The third kappa shape index (κ3) is 2.84. The summed E-state index contributed by atoms with van der Waals surface area (Å²) in [6.45, 7) is 6.85. The average molecular weight is 431 g/mol. The molecule has 1 N–H and O–H groups in total. The first-order chi connectivity index (χ1) is 12.3. The largest absolute Gasteiger partial charge is 0.384 e. The van der Waals surface area contributed by atoms with Crippen LogP contribution < -0.4 is 0 Å². The lowest BCUT2D eigenvalue weighted by Gasteiger charge is -2.57. The number of rotatable bonds is 3. The van der Waals surface area contributed by atoms with E-state index in [1.807, 2.05) is 0 Å². The van der Waals surface area contributed by atoms with Crippen molar-refractivity contribution >= 4 is 15.9 Å². The number of fused-ring (bicyclic) bond motifs is 5. The van der Waals surface area contributed by atoms with Gasteiger partial charge in [-0.1, -0.05) is 35.0 Å². The highest BCUT2D eigenvalue weighted by Crippen LogP contribution is 2.65. The molecule has 0 saturated heterocycles. The first-order valence-corrected chi connectivity index (χ1v) is 11.7. The number of aliphatic hydroxyl groups is 1. The molecule has 4 saturated carbocycles. The fourth-order valence-corrected chi connectivity index (χ4v) is 8.26. The Morgan fingerprint density at radius 2 is 1.81 bits per heavy atom. The van der Waals surface area contributed by atoms with Crippen LogP contribution in [0.4, 0.5) is 8.78 Å². The molecule has 26 heavy (non-hydrogen) atoms. The summed E-state index contributed by atoms with van der Waals surface area (Å²) >= 11 is 3.62. The van der Waals surface area contributed by atoms with Crippen LogP contribution in [0.1, 0.15) is 64.7 Å². The maximum Gasteiger partial charge on any atom is 0.266 e. The van der Waals surface area contributed by atoms with Crippen LogP contribution >= 0.6 is 15.9 Å². The Hall–Kier alpha value is 0.0400. The van der Waals surface area contributed by atoms with Crippen molar-refractivity contribution in [1.82, 2.24) is 0 Å². The maximum atomic E-state index is 13.3. The van der Waals surface area contributed by atoms with Crippen molar-refractivity contribution in [2.45, 2.75) is 76.7 Å². The van der Waals surface area contributed by atoms with Crippen LogP contribution in [0.5, 0.6) is 0 Å². The molecule has 0 spiro atoms. The molecule has 0 unspecified atom stereocenters. The molecular formula is C22H33BrF2O. The molecule has 1 nitrogen and oxygen atoms in total. The van der Waals surface area contributed by atoms with Gasteiger partial charge in [-0.25, -0.2) is 8.78 Å². The van der Waals surface area contributed by atoms with Crippen molar-refractivity contribution in [3.63, 3.8) is 0 Å². The molecule has 0 aliphatic heterocycles. The lowest BCUT2D eigenvalue weighted by Crippen LogP contribution is -2.52. The highest BCUT2D eigenvalue weighted by atomic mass is 79.9. The lowest BCUT2D eigenvalue weighted by molar-refractivity contribution is -0.158. The molecule has 4 heteroatoms. The monoisotopic (exact) mass is 430 g/mol.